The van der Waals surface area contributed by atoms with Gasteiger partial charge in [0.15, 0.2) is 0 Å². The molecule has 0 spiro atoms. The lowest BCUT2D eigenvalue weighted by molar-refractivity contribution is -0.135. The first kappa shape index (κ1) is 36.9. The maximum absolute atomic E-state index is 13.6. The number of carbonyl (C=O) groups is 5. The summed E-state index contributed by atoms with van der Waals surface area (Å²) in [5, 5.41) is 12.1. The first-order valence-electron chi connectivity index (χ1n) is 15.0. The monoisotopic (exact) mass is 651 g/mol. The number of aromatic nitrogens is 1. The van der Waals surface area contributed by atoms with E-state index in [1.165, 1.54) is 18.3 Å². The highest BCUT2D eigenvalue weighted by Gasteiger charge is 2.33. The molecule has 12 nitrogen and oxygen atoms in total. The second kappa shape index (κ2) is 17.9. The molecule has 3 unspecified atom stereocenters. The Hall–Kier alpha value is -3.29. The van der Waals surface area contributed by atoms with Gasteiger partial charge in [-0.05, 0) is 62.3 Å². The number of halogens is 1. The minimum atomic E-state index is -1.01. The number of hydrogen-bond acceptors (Lipinski definition) is 8. The third-order valence-corrected chi connectivity index (χ3v) is 8.48. The van der Waals surface area contributed by atoms with Gasteiger partial charge in [-0.25, -0.2) is 4.98 Å². The summed E-state index contributed by atoms with van der Waals surface area (Å²) >= 11 is 7.46. The number of primary amides is 1. The van der Waals surface area contributed by atoms with Gasteiger partial charge in [-0.15, -0.1) is 11.3 Å². The molecular formula is C30H46ClN7O5S. The second-order valence-electron chi connectivity index (χ2n) is 11.5. The molecule has 1 heterocycles. The molecule has 44 heavy (non-hydrogen) atoms. The van der Waals surface area contributed by atoms with Crippen LogP contribution in [0.3, 0.4) is 0 Å². The number of rotatable bonds is 18. The summed E-state index contributed by atoms with van der Waals surface area (Å²) in [7, 11) is 0. The fourth-order valence-electron chi connectivity index (χ4n) is 4.63. The van der Waals surface area contributed by atoms with Crippen molar-refractivity contribution in [2.24, 2.45) is 23.3 Å². The molecule has 0 saturated heterocycles. The van der Waals surface area contributed by atoms with Crippen LogP contribution in [0.25, 0.3) is 10.2 Å². The van der Waals surface area contributed by atoms with Crippen molar-refractivity contribution in [3.63, 3.8) is 0 Å². The summed E-state index contributed by atoms with van der Waals surface area (Å²) in [6.07, 6.45) is 2.46. The van der Waals surface area contributed by atoms with Gasteiger partial charge in [0.05, 0.1) is 15.2 Å². The Kier molecular flexibility index (Phi) is 15.0. The molecule has 5 atom stereocenters. The molecule has 0 aliphatic rings. The lowest BCUT2D eigenvalue weighted by Gasteiger charge is -2.29. The van der Waals surface area contributed by atoms with Gasteiger partial charge in [0.25, 0.3) is 0 Å². The first-order valence-corrected chi connectivity index (χ1v) is 16.2. The topological polar surface area (TPSA) is 198 Å². The summed E-state index contributed by atoms with van der Waals surface area (Å²) < 4.78 is 0.845. The number of benzene rings is 1. The van der Waals surface area contributed by atoms with Gasteiger partial charge in [-0.3, -0.25) is 24.0 Å². The van der Waals surface area contributed by atoms with Gasteiger partial charge >= 0.3 is 0 Å². The number of carbonyl (C=O) groups excluding carboxylic acids is 5. The molecular weight excluding hydrogens is 606 g/mol. The number of amides is 5. The van der Waals surface area contributed by atoms with Crippen LogP contribution >= 0.6 is 22.9 Å². The zero-order valence-electron chi connectivity index (χ0n) is 26.1. The SMILES string of the molecule is CC[C@H](C)[C@H](NC(=O)C(Cc1nc2ccc(Cl)cc2s1)NC(C)=O)C(=O)NC(CCCCN)C(=O)NC(CC(C)C)C(N)=O. The molecule has 1 aromatic carbocycles. The summed E-state index contributed by atoms with van der Waals surface area (Å²) in [6.45, 7) is 9.22. The van der Waals surface area contributed by atoms with E-state index in [0.29, 0.717) is 42.3 Å². The highest BCUT2D eigenvalue weighted by atomic mass is 35.5. The average Bonchev–Trinajstić information content (AvgIpc) is 3.34. The third kappa shape index (κ3) is 11.7. The van der Waals surface area contributed by atoms with Crippen LogP contribution in [0.1, 0.15) is 71.7 Å². The highest BCUT2D eigenvalue weighted by Crippen LogP contribution is 2.26. The van der Waals surface area contributed by atoms with Crippen molar-refractivity contribution in [1.82, 2.24) is 26.3 Å². The minimum absolute atomic E-state index is 0.0974. The number of nitrogens with one attached hydrogen (secondary N) is 4. The molecule has 0 aliphatic carbocycles. The Morgan fingerprint density at radius 1 is 0.932 bits per heavy atom. The van der Waals surface area contributed by atoms with Crippen LogP contribution in [0.4, 0.5) is 0 Å². The van der Waals surface area contributed by atoms with E-state index in [4.69, 9.17) is 23.1 Å². The quantitative estimate of drug-likeness (QED) is 0.133. The van der Waals surface area contributed by atoms with Gasteiger partial charge in [0.2, 0.25) is 29.5 Å². The molecule has 0 saturated carbocycles. The predicted octanol–water partition coefficient (Wildman–Crippen LogP) is 2.16. The van der Waals surface area contributed by atoms with Crippen LogP contribution in [0.2, 0.25) is 5.02 Å². The summed E-state index contributed by atoms with van der Waals surface area (Å²) in [4.78, 5) is 69.0. The van der Waals surface area contributed by atoms with Crippen LogP contribution in [0, 0.1) is 11.8 Å². The van der Waals surface area contributed by atoms with Crippen LogP contribution in [-0.2, 0) is 30.4 Å². The average molecular weight is 652 g/mol. The van der Waals surface area contributed by atoms with E-state index < -0.39 is 53.7 Å². The van der Waals surface area contributed by atoms with Crippen molar-refractivity contribution in [1.29, 1.82) is 0 Å². The van der Waals surface area contributed by atoms with Crippen molar-refractivity contribution >= 4 is 62.7 Å². The lowest BCUT2D eigenvalue weighted by atomic mass is 9.96. The number of unbranched alkanes of at least 4 members (excludes halogenated alkanes) is 1. The van der Waals surface area contributed by atoms with Crippen molar-refractivity contribution in [3.05, 3.63) is 28.2 Å². The summed E-state index contributed by atoms with van der Waals surface area (Å²) in [5.74, 6) is -2.95. The molecule has 14 heteroatoms. The zero-order valence-corrected chi connectivity index (χ0v) is 27.6. The predicted molar refractivity (Wildman–Crippen MR) is 173 cm³/mol. The molecule has 244 valence electrons. The summed E-state index contributed by atoms with van der Waals surface area (Å²) in [6, 6.07) is 1.41. The first-order chi connectivity index (χ1) is 20.7. The Morgan fingerprint density at radius 2 is 1.59 bits per heavy atom. The normalized spacial score (nSPS) is 14.7. The van der Waals surface area contributed by atoms with Crippen molar-refractivity contribution in [2.75, 3.05) is 6.54 Å². The van der Waals surface area contributed by atoms with E-state index in [1.54, 1.807) is 18.2 Å². The number of hydrogen-bond donors (Lipinski definition) is 6. The van der Waals surface area contributed by atoms with Crippen molar-refractivity contribution < 1.29 is 24.0 Å². The molecule has 0 aliphatic heterocycles. The van der Waals surface area contributed by atoms with Gasteiger partial charge < -0.3 is 32.7 Å². The molecule has 0 fully saturated rings. The molecule has 8 N–H and O–H groups in total. The number of thiazole rings is 1. The smallest absolute Gasteiger partial charge is 0.243 e. The Labute approximate surface area is 267 Å². The van der Waals surface area contributed by atoms with E-state index in [9.17, 15) is 24.0 Å². The molecule has 1 aromatic heterocycles. The third-order valence-electron chi connectivity index (χ3n) is 7.21. The van der Waals surface area contributed by atoms with Crippen LogP contribution in [0.15, 0.2) is 18.2 Å². The van der Waals surface area contributed by atoms with Crippen LogP contribution < -0.4 is 32.7 Å². The van der Waals surface area contributed by atoms with Gasteiger partial charge in [0, 0.05) is 18.4 Å². The number of nitrogens with zero attached hydrogens (tertiary/aromatic N) is 1. The molecule has 0 radical (unpaired) electrons. The van der Waals surface area contributed by atoms with Gasteiger partial charge in [0.1, 0.15) is 24.2 Å². The molecule has 5 amide bonds. The van der Waals surface area contributed by atoms with E-state index in [1.807, 2.05) is 27.7 Å². The fraction of sp³-hybridized carbons (Fsp3) is 0.600. The number of fused-ring (bicyclic) bond motifs is 1. The van der Waals surface area contributed by atoms with Gasteiger partial charge in [-0.1, -0.05) is 45.7 Å². The Bertz CT molecular complexity index is 1300. The standard InChI is InChI=1S/C30H46ClN7O5S/c1-6-17(4)26(30(43)36-21(9-7-8-12-32)28(41)37-22(27(33)40)13-16(2)3)38-29(42)23(34-18(5)39)15-25-35-20-11-10-19(31)14-24(20)44-25/h10-11,14,16-17,21-23,26H,6-9,12-13,15,32H2,1-5H3,(H2,33,40)(H,34,39)(H,36,43)(H,37,41)(H,38,42)/t17-,21?,22?,23?,26-/m0/s1. The fourth-order valence-corrected chi connectivity index (χ4v) is 5.92. The van der Waals surface area contributed by atoms with Crippen LogP contribution in [-0.4, -0.2) is 65.2 Å². The van der Waals surface area contributed by atoms with E-state index in [-0.39, 0.29) is 24.7 Å². The Balaban J connectivity index is 2.26. The molecule has 2 aromatic rings. The van der Waals surface area contributed by atoms with Crippen molar-refractivity contribution in [3.8, 4) is 0 Å². The minimum Gasteiger partial charge on any atom is -0.368 e. The lowest BCUT2D eigenvalue weighted by Crippen LogP contribution is -2.59. The Morgan fingerprint density at radius 3 is 2.18 bits per heavy atom. The van der Waals surface area contributed by atoms with Gasteiger partial charge in [-0.2, -0.15) is 0 Å². The largest absolute Gasteiger partial charge is 0.368 e. The van der Waals surface area contributed by atoms with Crippen molar-refractivity contribution in [2.45, 2.75) is 97.3 Å². The molecule has 2 rings (SSSR count). The number of nitrogens with two attached hydrogens (primary N) is 2. The second-order valence-corrected chi connectivity index (χ2v) is 13.0. The molecule has 0 bridgehead atoms. The van der Waals surface area contributed by atoms with E-state index >= 15 is 0 Å². The summed E-state index contributed by atoms with van der Waals surface area (Å²) in [5.41, 5.74) is 11.9. The maximum Gasteiger partial charge on any atom is 0.243 e. The van der Waals surface area contributed by atoms with Crippen LogP contribution in [0.5, 0.6) is 0 Å². The zero-order chi connectivity index (χ0) is 33.0. The maximum atomic E-state index is 13.6. The van der Waals surface area contributed by atoms with E-state index in [2.05, 4.69) is 26.3 Å². The highest BCUT2D eigenvalue weighted by molar-refractivity contribution is 7.18. The van der Waals surface area contributed by atoms with E-state index in [0.717, 1.165) is 10.2 Å².